The van der Waals surface area contributed by atoms with Gasteiger partial charge in [-0.25, -0.2) is 4.39 Å². The highest BCUT2D eigenvalue weighted by molar-refractivity contribution is 9.10. The summed E-state index contributed by atoms with van der Waals surface area (Å²) in [6, 6.07) is 3.63. The van der Waals surface area contributed by atoms with Gasteiger partial charge in [0, 0.05) is 18.6 Å². The standard InChI is InChI=1S/C11H12BrFN2/c1-15-6-7(4-5-14)10-9(15)3-2-8(12)11(10)13/h2-3,6H,4-5,14H2,1H3. The molecule has 0 spiro atoms. The van der Waals surface area contributed by atoms with Crippen LogP contribution in [0.15, 0.2) is 22.8 Å². The molecular formula is C11H12BrFN2. The fraction of sp³-hybridized carbons (Fsp3) is 0.273. The molecule has 0 aliphatic heterocycles. The third kappa shape index (κ3) is 1.68. The van der Waals surface area contributed by atoms with E-state index in [0.29, 0.717) is 22.8 Å². The van der Waals surface area contributed by atoms with E-state index >= 15 is 0 Å². The Morgan fingerprint density at radius 1 is 1.47 bits per heavy atom. The van der Waals surface area contributed by atoms with Crippen molar-refractivity contribution in [3.05, 3.63) is 34.2 Å². The van der Waals surface area contributed by atoms with Crippen molar-refractivity contribution in [3.8, 4) is 0 Å². The first-order chi connectivity index (χ1) is 7.15. The van der Waals surface area contributed by atoms with Crippen molar-refractivity contribution in [2.45, 2.75) is 6.42 Å². The molecule has 2 nitrogen and oxygen atoms in total. The molecule has 0 aliphatic carbocycles. The third-order valence-corrected chi connectivity index (χ3v) is 3.15. The summed E-state index contributed by atoms with van der Waals surface area (Å²) in [6.45, 7) is 0.533. The summed E-state index contributed by atoms with van der Waals surface area (Å²) in [7, 11) is 1.91. The van der Waals surface area contributed by atoms with Gasteiger partial charge in [-0.2, -0.15) is 0 Å². The number of aromatic nitrogens is 1. The number of fused-ring (bicyclic) bond motifs is 1. The third-order valence-electron chi connectivity index (χ3n) is 2.54. The Hall–Kier alpha value is -0.870. The molecule has 0 saturated carbocycles. The molecule has 0 amide bonds. The van der Waals surface area contributed by atoms with Gasteiger partial charge in [0.05, 0.1) is 9.99 Å². The first kappa shape index (κ1) is 10.6. The average Bonchev–Trinajstić information content (AvgIpc) is 2.51. The molecule has 1 aromatic heterocycles. The van der Waals surface area contributed by atoms with Crippen molar-refractivity contribution in [3.63, 3.8) is 0 Å². The normalized spacial score (nSPS) is 11.2. The summed E-state index contributed by atoms with van der Waals surface area (Å²) >= 11 is 3.20. The monoisotopic (exact) mass is 270 g/mol. The van der Waals surface area contributed by atoms with Crippen LogP contribution in [0.1, 0.15) is 5.56 Å². The fourth-order valence-corrected chi connectivity index (χ4v) is 2.18. The number of rotatable bonds is 2. The van der Waals surface area contributed by atoms with E-state index < -0.39 is 0 Å². The molecule has 0 aliphatic rings. The Kier molecular flexibility index (Phi) is 2.80. The molecule has 0 atom stereocenters. The van der Waals surface area contributed by atoms with Crippen molar-refractivity contribution in [1.29, 1.82) is 0 Å². The van der Waals surface area contributed by atoms with E-state index in [4.69, 9.17) is 5.73 Å². The summed E-state index contributed by atoms with van der Waals surface area (Å²) in [6.07, 6.45) is 2.64. The molecule has 2 N–H and O–H groups in total. The van der Waals surface area contributed by atoms with Gasteiger partial charge in [-0.15, -0.1) is 0 Å². The van der Waals surface area contributed by atoms with Crippen LogP contribution in [0, 0.1) is 5.82 Å². The van der Waals surface area contributed by atoms with Crippen molar-refractivity contribution in [2.75, 3.05) is 6.54 Å². The van der Waals surface area contributed by atoms with Crippen LogP contribution in [0.25, 0.3) is 10.9 Å². The molecule has 80 valence electrons. The molecule has 1 heterocycles. The number of benzene rings is 1. The van der Waals surface area contributed by atoms with Gasteiger partial charge in [-0.1, -0.05) is 0 Å². The molecule has 4 heteroatoms. The maximum Gasteiger partial charge on any atom is 0.147 e. The minimum atomic E-state index is -0.198. The highest BCUT2D eigenvalue weighted by Gasteiger charge is 2.12. The number of nitrogens with zero attached hydrogens (tertiary/aromatic N) is 1. The van der Waals surface area contributed by atoms with Crippen LogP contribution in [0.2, 0.25) is 0 Å². The van der Waals surface area contributed by atoms with Crippen molar-refractivity contribution in [2.24, 2.45) is 12.8 Å². The van der Waals surface area contributed by atoms with Gasteiger partial charge in [-0.3, -0.25) is 0 Å². The first-order valence-electron chi connectivity index (χ1n) is 4.77. The summed E-state index contributed by atoms with van der Waals surface area (Å²) in [5, 5.41) is 0.678. The van der Waals surface area contributed by atoms with E-state index in [-0.39, 0.29) is 5.82 Å². The lowest BCUT2D eigenvalue weighted by molar-refractivity contribution is 0.632. The minimum Gasteiger partial charge on any atom is -0.350 e. The van der Waals surface area contributed by atoms with Crippen LogP contribution in [0.4, 0.5) is 4.39 Å². The van der Waals surface area contributed by atoms with Crippen molar-refractivity contribution < 1.29 is 4.39 Å². The number of hydrogen-bond acceptors (Lipinski definition) is 1. The van der Waals surface area contributed by atoms with Crippen LogP contribution in [0.5, 0.6) is 0 Å². The minimum absolute atomic E-state index is 0.198. The van der Waals surface area contributed by atoms with Gasteiger partial charge in [0.25, 0.3) is 0 Å². The van der Waals surface area contributed by atoms with Crippen LogP contribution in [-0.2, 0) is 13.5 Å². The van der Waals surface area contributed by atoms with E-state index in [1.54, 1.807) is 6.07 Å². The fourth-order valence-electron chi connectivity index (χ4n) is 1.85. The molecule has 0 saturated heterocycles. The average molecular weight is 271 g/mol. The van der Waals surface area contributed by atoms with Crippen LogP contribution in [0.3, 0.4) is 0 Å². The largest absolute Gasteiger partial charge is 0.350 e. The van der Waals surface area contributed by atoms with Crippen LogP contribution < -0.4 is 5.73 Å². The molecule has 1 aromatic carbocycles. The molecule has 2 rings (SSSR count). The summed E-state index contributed by atoms with van der Waals surface area (Å²) < 4.78 is 16.3. The quantitative estimate of drug-likeness (QED) is 0.894. The molecule has 0 fully saturated rings. The molecule has 2 aromatic rings. The Morgan fingerprint density at radius 2 is 2.20 bits per heavy atom. The Labute approximate surface area is 96.0 Å². The molecular weight excluding hydrogens is 259 g/mol. The van der Waals surface area contributed by atoms with E-state index in [1.807, 2.05) is 23.9 Å². The van der Waals surface area contributed by atoms with Gasteiger partial charge in [-0.05, 0) is 46.6 Å². The zero-order chi connectivity index (χ0) is 11.0. The number of nitrogens with two attached hydrogens (primary N) is 1. The number of aryl methyl sites for hydroxylation is 1. The predicted molar refractivity (Wildman–Crippen MR) is 63.3 cm³/mol. The van der Waals surface area contributed by atoms with Gasteiger partial charge >= 0.3 is 0 Å². The lowest BCUT2D eigenvalue weighted by Crippen LogP contribution is -2.02. The number of hydrogen-bond donors (Lipinski definition) is 1. The Bertz CT molecular complexity index is 505. The lowest BCUT2D eigenvalue weighted by Gasteiger charge is -2.00. The zero-order valence-corrected chi connectivity index (χ0v) is 10.0. The summed E-state index contributed by atoms with van der Waals surface area (Å²) in [4.78, 5) is 0. The Morgan fingerprint density at radius 3 is 2.87 bits per heavy atom. The van der Waals surface area contributed by atoms with Gasteiger partial charge in [0.1, 0.15) is 5.82 Å². The van der Waals surface area contributed by atoms with Crippen molar-refractivity contribution in [1.82, 2.24) is 4.57 Å². The van der Waals surface area contributed by atoms with Gasteiger partial charge < -0.3 is 10.3 Å². The number of halogens is 2. The predicted octanol–water partition coefficient (Wildman–Crippen LogP) is 2.58. The smallest absolute Gasteiger partial charge is 0.147 e. The second-order valence-corrected chi connectivity index (χ2v) is 4.41. The lowest BCUT2D eigenvalue weighted by atomic mass is 10.1. The SMILES string of the molecule is Cn1cc(CCN)c2c(F)c(Br)ccc21. The Balaban J connectivity index is 2.77. The van der Waals surface area contributed by atoms with E-state index in [0.717, 1.165) is 11.1 Å². The van der Waals surface area contributed by atoms with E-state index in [9.17, 15) is 4.39 Å². The molecule has 0 radical (unpaired) electrons. The highest BCUT2D eigenvalue weighted by Crippen LogP contribution is 2.28. The van der Waals surface area contributed by atoms with E-state index in [2.05, 4.69) is 15.9 Å². The molecule has 0 unspecified atom stereocenters. The zero-order valence-electron chi connectivity index (χ0n) is 8.43. The van der Waals surface area contributed by atoms with E-state index in [1.165, 1.54) is 0 Å². The van der Waals surface area contributed by atoms with Crippen molar-refractivity contribution >= 4 is 26.8 Å². The van der Waals surface area contributed by atoms with Gasteiger partial charge in [0.2, 0.25) is 0 Å². The highest BCUT2D eigenvalue weighted by atomic mass is 79.9. The second-order valence-electron chi connectivity index (χ2n) is 3.56. The molecule has 0 bridgehead atoms. The maximum atomic E-state index is 13.9. The first-order valence-corrected chi connectivity index (χ1v) is 5.56. The summed E-state index contributed by atoms with van der Waals surface area (Å²) in [5.74, 6) is -0.198. The van der Waals surface area contributed by atoms with Crippen LogP contribution in [-0.4, -0.2) is 11.1 Å². The summed E-state index contributed by atoms with van der Waals surface area (Å²) in [5.41, 5.74) is 7.37. The maximum absolute atomic E-state index is 13.9. The molecule has 15 heavy (non-hydrogen) atoms. The second kappa shape index (κ2) is 3.94. The van der Waals surface area contributed by atoms with Crippen LogP contribution >= 0.6 is 15.9 Å². The van der Waals surface area contributed by atoms with Gasteiger partial charge in [0.15, 0.2) is 0 Å². The topological polar surface area (TPSA) is 30.9 Å².